The number of nitrogens with one attached hydrogen (secondary N) is 1. The third-order valence-electron chi connectivity index (χ3n) is 3.69. The van der Waals surface area contributed by atoms with Gasteiger partial charge in [-0.05, 0) is 30.2 Å². The molecule has 1 amide bonds. The summed E-state index contributed by atoms with van der Waals surface area (Å²) < 4.78 is 13.2. The smallest absolute Gasteiger partial charge is 0.253 e. The first-order chi connectivity index (χ1) is 11.8. The lowest BCUT2D eigenvalue weighted by molar-refractivity contribution is -0.121. The summed E-state index contributed by atoms with van der Waals surface area (Å²) in [7, 11) is 0. The van der Waals surface area contributed by atoms with Gasteiger partial charge in [-0.25, -0.2) is 4.39 Å². The van der Waals surface area contributed by atoms with Gasteiger partial charge in [0.1, 0.15) is 12.8 Å². The van der Waals surface area contributed by atoms with Crippen LogP contribution in [-0.4, -0.2) is 28.6 Å². The number of nitrogens with two attached hydrogens (primary N) is 1. The minimum Gasteiger partial charge on any atom is -0.386 e. The molecule has 0 fully saturated rings. The van der Waals surface area contributed by atoms with E-state index in [4.69, 9.17) is 28.9 Å². The number of halogens is 3. The molecule has 1 aromatic carbocycles. The normalized spacial score (nSPS) is 15.0. The Labute approximate surface area is 159 Å². The molecule has 0 bridgehead atoms. The van der Waals surface area contributed by atoms with E-state index in [0.29, 0.717) is 5.56 Å². The minimum absolute atomic E-state index is 0.0264. The molecule has 0 aliphatic rings. The highest BCUT2D eigenvalue weighted by Crippen LogP contribution is 2.31. The van der Waals surface area contributed by atoms with E-state index in [0.717, 1.165) is 15.3 Å². The first-order valence-corrected chi connectivity index (χ1v) is 9.30. The Balaban J connectivity index is 2.13. The van der Waals surface area contributed by atoms with Crippen LogP contribution in [0.1, 0.15) is 29.5 Å². The van der Waals surface area contributed by atoms with Crippen molar-refractivity contribution in [3.8, 4) is 10.4 Å². The van der Waals surface area contributed by atoms with Crippen molar-refractivity contribution in [2.75, 3.05) is 6.67 Å². The second-order valence-electron chi connectivity index (χ2n) is 5.63. The molecule has 0 radical (unpaired) electrons. The molecule has 4 nitrogen and oxygen atoms in total. The molecule has 0 spiro atoms. The molecule has 3 atom stereocenters. The molecule has 4 N–H and O–H groups in total. The van der Waals surface area contributed by atoms with E-state index >= 15 is 0 Å². The summed E-state index contributed by atoms with van der Waals surface area (Å²) in [5.74, 6) is -0.747. The highest BCUT2D eigenvalue weighted by atomic mass is 35.5. The van der Waals surface area contributed by atoms with Gasteiger partial charge in [0.05, 0.1) is 6.04 Å². The number of hydrogen-bond acceptors (Lipinski definition) is 4. The number of thiophene rings is 1. The van der Waals surface area contributed by atoms with Crippen LogP contribution in [0.3, 0.4) is 0 Å². The van der Waals surface area contributed by atoms with Crippen molar-refractivity contribution >= 4 is 40.4 Å². The molecule has 0 aliphatic heterocycles. The lowest BCUT2D eigenvalue weighted by Crippen LogP contribution is -2.43. The first-order valence-electron chi connectivity index (χ1n) is 7.61. The Kier molecular flexibility index (Phi) is 7.22. The number of carbonyl (C=O) groups excluding carboxylic acids is 1. The van der Waals surface area contributed by atoms with Gasteiger partial charge in [0.15, 0.2) is 4.84 Å². The highest BCUT2D eigenvalue weighted by molar-refractivity contribution is 7.15. The number of benzene rings is 1. The van der Waals surface area contributed by atoms with Crippen molar-refractivity contribution in [2.24, 2.45) is 5.73 Å². The zero-order valence-electron chi connectivity index (χ0n) is 13.5. The number of hydrogen-bond donors (Lipinski definition) is 3. The van der Waals surface area contributed by atoms with Crippen LogP contribution in [0.2, 0.25) is 0 Å². The third kappa shape index (κ3) is 5.15. The van der Waals surface area contributed by atoms with Gasteiger partial charge in [-0.15, -0.1) is 11.3 Å². The zero-order chi connectivity index (χ0) is 18.6. The molecule has 25 heavy (non-hydrogen) atoms. The average Bonchev–Trinajstić information content (AvgIpc) is 3.09. The Morgan fingerprint density at radius 1 is 1.28 bits per heavy atom. The molecule has 8 heteroatoms. The lowest BCUT2D eigenvalue weighted by Gasteiger charge is -2.22. The number of alkyl halides is 3. The molecule has 2 unspecified atom stereocenters. The van der Waals surface area contributed by atoms with E-state index in [2.05, 4.69) is 5.32 Å². The van der Waals surface area contributed by atoms with Gasteiger partial charge >= 0.3 is 0 Å². The molecule has 136 valence electrons. The maximum atomic E-state index is 13.2. The van der Waals surface area contributed by atoms with Crippen molar-refractivity contribution in [3.05, 3.63) is 46.8 Å². The van der Waals surface area contributed by atoms with E-state index in [1.165, 1.54) is 0 Å². The molecule has 0 aliphatic carbocycles. The Bertz CT molecular complexity index is 707. The van der Waals surface area contributed by atoms with Gasteiger partial charge in [0.25, 0.3) is 5.91 Å². The molecule has 1 aromatic heterocycles. The maximum Gasteiger partial charge on any atom is 0.253 e. The van der Waals surface area contributed by atoms with Crippen molar-refractivity contribution in [1.82, 2.24) is 5.32 Å². The topological polar surface area (TPSA) is 75.3 Å². The summed E-state index contributed by atoms with van der Waals surface area (Å²) in [6.45, 7) is 0.977. The molecule has 1 heterocycles. The summed E-state index contributed by atoms with van der Waals surface area (Å²) in [4.78, 5) is 12.3. The van der Waals surface area contributed by atoms with Crippen LogP contribution in [0.15, 0.2) is 36.4 Å². The van der Waals surface area contributed by atoms with Crippen molar-refractivity contribution in [2.45, 2.75) is 29.9 Å². The van der Waals surface area contributed by atoms with Gasteiger partial charge in [-0.3, -0.25) is 4.79 Å². The zero-order valence-corrected chi connectivity index (χ0v) is 15.8. The summed E-state index contributed by atoms with van der Waals surface area (Å²) in [5.41, 5.74) is 7.32. The maximum absolute atomic E-state index is 13.2. The average molecular weight is 405 g/mol. The van der Waals surface area contributed by atoms with Crippen molar-refractivity contribution < 1.29 is 14.3 Å². The van der Waals surface area contributed by atoms with Crippen molar-refractivity contribution in [3.63, 3.8) is 0 Å². The summed E-state index contributed by atoms with van der Waals surface area (Å²) in [6, 6.07) is 9.87. The Morgan fingerprint density at radius 2 is 1.92 bits per heavy atom. The highest BCUT2D eigenvalue weighted by Gasteiger charge is 2.25. The molecular weight excluding hydrogens is 386 g/mol. The van der Waals surface area contributed by atoms with Crippen molar-refractivity contribution in [1.29, 1.82) is 0 Å². The number of carbonyl (C=O) groups is 1. The van der Waals surface area contributed by atoms with Crippen LogP contribution < -0.4 is 11.1 Å². The van der Waals surface area contributed by atoms with Crippen LogP contribution in [-0.2, 0) is 4.79 Å². The first kappa shape index (κ1) is 20.1. The third-order valence-corrected chi connectivity index (χ3v) is 5.42. The SMILES string of the molecule is CC(N)c1ccc(-c2ccc(C(O)[C@@H](CF)NC(=O)C(Cl)Cl)cc2)s1. The van der Waals surface area contributed by atoms with Gasteiger partial charge in [0.2, 0.25) is 0 Å². The van der Waals surface area contributed by atoms with E-state index in [9.17, 15) is 14.3 Å². The predicted molar refractivity (Wildman–Crippen MR) is 101 cm³/mol. The largest absolute Gasteiger partial charge is 0.386 e. The van der Waals surface area contributed by atoms with Gasteiger partial charge < -0.3 is 16.2 Å². The molecular formula is C17H19Cl2FN2O2S. The fourth-order valence-electron chi connectivity index (χ4n) is 2.28. The van der Waals surface area contributed by atoms with E-state index < -0.39 is 29.6 Å². The fraction of sp³-hybridized carbons (Fsp3) is 0.353. The lowest BCUT2D eigenvalue weighted by atomic mass is 10.0. The molecule has 2 aromatic rings. The van der Waals surface area contributed by atoms with Gasteiger partial charge in [-0.2, -0.15) is 0 Å². The predicted octanol–water partition coefficient (Wildman–Crippen LogP) is 3.73. The molecule has 2 rings (SSSR count). The number of aliphatic hydroxyl groups is 1. The molecule has 0 saturated heterocycles. The second kappa shape index (κ2) is 8.96. The summed E-state index contributed by atoms with van der Waals surface area (Å²) >= 11 is 12.5. The Morgan fingerprint density at radius 3 is 2.40 bits per heavy atom. The van der Waals surface area contributed by atoms with E-state index in [1.54, 1.807) is 23.5 Å². The number of amides is 1. The monoisotopic (exact) mass is 404 g/mol. The Hall–Kier alpha value is -1.18. The second-order valence-corrected chi connectivity index (χ2v) is 7.84. The van der Waals surface area contributed by atoms with Gasteiger partial charge in [-0.1, -0.05) is 47.5 Å². The summed E-state index contributed by atoms with van der Waals surface area (Å²) in [5, 5.41) is 12.6. The van der Waals surface area contributed by atoms with Crippen LogP contribution in [0, 0.1) is 0 Å². The van der Waals surface area contributed by atoms with Crippen LogP contribution in [0.4, 0.5) is 4.39 Å². The van der Waals surface area contributed by atoms with Crippen LogP contribution in [0.5, 0.6) is 0 Å². The summed E-state index contributed by atoms with van der Waals surface area (Å²) in [6.07, 6.45) is -1.21. The van der Waals surface area contributed by atoms with E-state index in [1.807, 2.05) is 31.2 Å². The van der Waals surface area contributed by atoms with Crippen LogP contribution in [0.25, 0.3) is 10.4 Å². The fourth-order valence-corrected chi connectivity index (χ4v) is 3.37. The quantitative estimate of drug-likeness (QED) is 0.615. The number of rotatable bonds is 7. The molecule has 0 saturated carbocycles. The standard InChI is InChI=1S/C17H19Cl2FN2O2S/c1-9(21)13-6-7-14(25-13)10-2-4-11(5-3-10)15(23)12(8-20)22-17(24)16(18)19/h2-7,9,12,15-16,23H,8,21H2,1H3,(H,22,24)/t9?,12-,15?/m1/s1. The van der Waals surface area contributed by atoms with Gasteiger partial charge in [0, 0.05) is 15.8 Å². The van der Waals surface area contributed by atoms with E-state index in [-0.39, 0.29) is 6.04 Å². The number of aliphatic hydroxyl groups excluding tert-OH is 1. The minimum atomic E-state index is -1.32. The van der Waals surface area contributed by atoms with Crippen LogP contribution >= 0.6 is 34.5 Å².